The van der Waals surface area contributed by atoms with Crippen molar-refractivity contribution >= 4 is 33.2 Å². The van der Waals surface area contributed by atoms with Crippen molar-refractivity contribution in [2.75, 3.05) is 0 Å². The van der Waals surface area contributed by atoms with Gasteiger partial charge in [-0.3, -0.25) is 4.79 Å². The molecule has 3 aromatic rings. The fourth-order valence-corrected chi connectivity index (χ4v) is 4.02. The zero-order valence-electron chi connectivity index (χ0n) is 13.2. The molecule has 0 radical (unpaired) electrons. The number of amides is 1. The average Bonchev–Trinajstić information content (AvgIpc) is 3.01. The molecule has 0 bridgehead atoms. The monoisotopic (exact) mass is 399 g/mol. The van der Waals surface area contributed by atoms with Gasteiger partial charge in [0.05, 0.1) is 10.2 Å². The van der Waals surface area contributed by atoms with Gasteiger partial charge in [0.2, 0.25) is 5.91 Å². The first-order chi connectivity index (χ1) is 11.7. The minimum Gasteiger partial charge on any atom is -0.334 e. The van der Waals surface area contributed by atoms with E-state index < -0.39 is 0 Å². The summed E-state index contributed by atoms with van der Waals surface area (Å²) in [4.78, 5) is 15.9. The lowest BCUT2D eigenvalue weighted by Crippen LogP contribution is -2.31. The molecular weight excluding hydrogens is 382 g/mol. The molecule has 0 aliphatic rings. The number of nitrogens with zero attached hydrogens (tertiary/aromatic N) is 1. The van der Waals surface area contributed by atoms with Crippen LogP contribution >= 0.6 is 27.3 Å². The highest BCUT2D eigenvalue weighted by Crippen LogP contribution is 2.23. The summed E-state index contributed by atoms with van der Waals surface area (Å²) in [6, 6.07) is 24.3. The van der Waals surface area contributed by atoms with Gasteiger partial charge in [-0.1, -0.05) is 60.7 Å². The Bertz CT molecular complexity index is 744. The van der Waals surface area contributed by atoms with Crippen molar-refractivity contribution < 1.29 is 4.79 Å². The van der Waals surface area contributed by atoms with E-state index in [0.717, 1.165) is 19.8 Å². The van der Waals surface area contributed by atoms with E-state index in [1.807, 2.05) is 53.4 Å². The second-order valence-electron chi connectivity index (χ2n) is 5.60. The predicted octanol–water partition coefficient (Wildman–Crippen LogP) is 5.28. The molecule has 4 heteroatoms. The highest BCUT2D eigenvalue weighted by atomic mass is 79.9. The summed E-state index contributed by atoms with van der Waals surface area (Å²) < 4.78 is 1.06. The third kappa shape index (κ3) is 4.79. The van der Waals surface area contributed by atoms with Crippen LogP contribution in [0.25, 0.3) is 0 Å². The molecule has 24 heavy (non-hydrogen) atoms. The first-order valence-corrected chi connectivity index (χ1v) is 9.41. The van der Waals surface area contributed by atoms with Gasteiger partial charge in [0, 0.05) is 18.0 Å². The summed E-state index contributed by atoms with van der Waals surface area (Å²) in [6.45, 7) is 1.25. The molecule has 3 rings (SSSR count). The Kier molecular flexibility index (Phi) is 5.83. The van der Waals surface area contributed by atoms with Crippen molar-refractivity contribution in [1.82, 2.24) is 4.90 Å². The summed E-state index contributed by atoms with van der Waals surface area (Å²) in [5, 5.41) is 0. The zero-order chi connectivity index (χ0) is 16.8. The second kappa shape index (κ2) is 8.27. The molecule has 2 nitrogen and oxygen atoms in total. The molecule has 0 aliphatic heterocycles. The predicted molar refractivity (Wildman–Crippen MR) is 103 cm³/mol. The number of carbonyl (C=O) groups excluding carboxylic acids is 1. The van der Waals surface area contributed by atoms with E-state index in [4.69, 9.17) is 0 Å². The number of carbonyl (C=O) groups is 1. The highest BCUT2D eigenvalue weighted by molar-refractivity contribution is 9.11. The van der Waals surface area contributed by atoms with Gasteiger partial charge >= 0.3 is 0 Å². The molecule has 122 valence electrons. The topological polar surface area (TPSA) is 20.3 Å². The minimum absolute atomic E-state index is 0.150. The molecule has 1 amide bonds. The van der Waals surface area contributed by atoms with Crippen LogP contribution in [-0.2, 0) is 24.3 Å². The van der Waals surface area contributed by atoms with Gasteiger partial charge in [0.1, 0.15) is 0 Å². The van der Waals surface area contributed by atoms with Crippen LogP contribution < -0.4 is 0 Å². The maximum atomic E-state index is 12.8. The quantitative estimate of drug-likeness (QED) is 0.551. The van der Waals surface area contributed by atoms with Crippen LogP contribution in [0.4, 0.5) is 0 Å². The van der Waals surface area contributed by atoms with E-state index in [1.54, 1.807) is 11.3 Å². The first kappa shape index (κ1) is 16.9. The van der Waals surface area contributed by atoms with E-state index in [0.29, 0.717) is 19.5 Å². The van der Waals surface area contributed by atoms with Gasteiger partial charge < -0.3 is 4.90 Å². The van der Waals surface area contributed by atoms with Crippen LogP contribution in [0.2, 0.25) is 0 Å². The van der Waals surface area contributed by atoms with Crippen LogP contribution in [0.3, 0.4) is 0 Å². The molecule has 1 aromatic heterocycles. The average molecular weight is 400 g/mol. The Morgan fingerprint density at radius 3 is 1.83 bits per heavy atom. The third-order valence-corrected chi connectivity index (χ3v) is 5.36. The molecule has 0 atom stereocenters. The first-order valence-electron chi connectivity index (χ1n) is 7.80. The van der Waals surface area contributed by atoms with Crippen molar-refractivity contribution in [2.45, 2.75) is 19.5 Å². The van der Waals surface area contributed by atoms with Gasteiger partial charge in [-0.2, -0.15) is 0 Å². The van der Waals surface area contributed by atoms with Gasteiger partial charge in [0.15, 0.2) is 0 Å². The molecule has 1 heterocycles. The third-order valence-electron chi connectivity index (χ3n) is 3.74. The van der Waals surface area contributed by atoms with Gasteiger partial charge in [-0.25, -0.2) is 0 Å². The minimum atomic E-state index is 0.150. The molecule has 0 aliphatic carbocycles. The molecular formula is C20H18BrNOS. The maximum absolute atomic E-state index is 12.8. The second-order valence-corrected chi connectivity index (χ2v) is 8.15. The van der Waals surface area contributed by atoms with Gasteiger partial charge in [-0.15, -0.1) is 11.3 Å². The fraction of sp³-hybridized carbons (Fsp3) is 0.150. The molecule has 2 aromatic carbocycles. The van der Waals surface area contributed by atoms with Crippen molar-refractivity contribution in [3.63, 3.8) is 0 Å². The zero-order valence-corrected chi connectivity index (χ0v) is 15.6. The Labute approximate surface area is 154 Å². The Hall–Kier alpha value is -1.91. The number of hydrogen-bond donors (Lipinski definition) is 0. The smallest absolute Gasteiger partial charge is 0.228 e. The van der Waals surface area contributed by atoms with Crippen molar-refractivity contribution in [1.29, 1.82) is 0 Å². The van der Waals surface area contributed by atoms with Crippen molar-refractivity contribution in [3.8, 4) is 0 Å². The lowest BCUT2D eigenvalue weighted by Gasteiger charge is -2.23. The molecule has 0 saturated heterocycles. The molecule has 0 unspecified atom stereocenters. The molecule has 0 fully saturated rings. The lowest BCUT2D eigenvalue weighted by molar-refractivity contribution is -0.131. The fourth-order valence-electron chi connectivity index (χ4n) is 2.55. The normalized spacial score (nSPS) is 10.5. The summed E-state index contributed by atoms with van der Waals surface area (Å²) in [5.41, 5.74) is 2.29. The SMILES string of the molecule is O=C(Cc1ccc(Br)s1)N(Cc1ccccc1)Cc1ccccc1. The lowest BCUT2D eigenvalue weighted by atomic mass is 10.1. The number of thiophene rings is 1. The van der Waals surface area contributed by atoms with E-state index in [1.165, 1.54) is 0 Å². The van der Waals surface area contributed by atoms with Gasteiger partial charge in [-0.05, 0) is 39.2 Å². The van der Waals surface area contributed by atoms with Crippen LogP contribution in [0.1, 0.15) is 16.0 Å². The Balaban J connectivity index is 1.76. The molecule has 0 spiro atoms. The number of hydrogen-bond acceptors (Lipinski definition) is 2. The largest absolute Gasteiger partial charge is 0.334 e. The molecule has 0 saturated carbocycles. The Morgan fingerprint density at radius 2 is 1.38 bits per heavy atom. The summed E-state index contributed by atoms with van der Waals surface area (Å²) in [7, 11) is 0. The summed E-state index contributed by atoms with van der Waals surface area (Å²) in [5.74, 6) is 0.150. The summed E-state index contributed by atoms with van der Waals surface area (Å²) in [6.07, 6.45) is 0.440. The number of benzene rings is 2. The van der Waals surface area contributed by atoms with Crippen LogP contribution in [0.5, 0.6) is 0 Å². The van der Waals surface area contributed by atoms with Crippen molar-refractivity contribution in [2.24, 2.45) is 0 Å². The summed E-state index contributed by atoms with van der Waals surface area (Å²) >= 11 is 5.08. The van der Waals surface area contributed by atoms with Crippen molar-refractivity contribution in [3.05, 3.63) is 92.6 Å². The number of halogens is 1. The van der Waals surface area contributed by atoms with E-state index >= 15 is 0 Å². The van der Waals surface area contributed by atoms with Crippen LogP contribution in [-0.4, -0.2) is 10.8 Å². The van der Waals surface area contributed by atoms with E-state index in [-0.39, 0.29) is 5.91 Å². The highest BCUT2D eigenvalue weighted by Gasteiger charge is 2.16. The van der Waals surface area contributed by atoms with Crippen LogP contribution in [0.15, 0.2) is 76.6 Å². The van der Waals surface area contributed by atoms with E-state index in [9.17, 15) is 4.79 Å². The number of rotatable bonds is 6. The van der Waals surface area contributed by atoms with E-state index in [2.05, 4.69) is 40.2 Å². The van der Waals surface area contributed by atoms with Crippen LogP contribution in [0, 0.1) is 0 Å². The van der Waals surface area contributed by atoms with Gasteiger partial charge in [0.25, 0.3) is 0 Å². The Morgan fingerprint density at radius 1 is 0.833 bits per heavy atom. The molecule has 0 N–H and O–H groups in total. The maximum Gasteiger partial charge on any atom is 0.228 e. The standard InChI is InChI=1S/C20H18BrNOS/c21-19-12-11-18(24-19)13-20(23)22(14-16-7-3-1-4-8-16)15-17-9-5-2-6-10-17/h1-12H,13-15H2.